The summed E-state index contributed by atoms with van der Waals surface area (Å²) < 4.78 is 1.79. The fraction of sp³-hybridized carbons (Fsp3) is 0.182. The number of hydrogen-bond acceptors (Lipinski definition) is 5. The van der Waals surface area contributed by atoms with Crippen LogP contribution in [0.5, 0.6) is 0 Å². The Balaban J connectivity index is 1.37. The number of benzene rings is 2. The minimum atomic E-state index is -0.682. The van der Waals surface area contributed by atoms with Gasteiger partial charge in [-0.2, -0.15) is 4.98 Å². The van der Waals surface area contributed by atoms with Gasteiger partial charge in [0.15, 0.2) is 5.82 Å². The Labute approximate surface area is 177 Å². The van der Waals surface area contributed by atoms with E-state index in [1.54, 1.807) is 10.6 Å². The highest BCUT2D eigenvalue weighted by molar-refractivity contribution is 7.15. The predicted octanol–water partition coefficient (Wildman–Crippen LogP) is 3.37. The highest BCUT2D eigenvalue weighted by atomic mass is 32.1. The number of aryl methyl sites for hydroxylation is 2. The molecule has 0 spiro atoms. The van der Waals surface area contributed by atoms with Gasteiger partial charge >= 0.3 is 11.8 Å². The van der Waals surface area contributed by atoms with Crippen LogP contribution in [0.2, 0.25) is 0 Å². The molecular formula is C22H21N5O2S. The van der Waals surface area contributed by atoms with Crippen LogP contribution in [0.4, 0.5) is 5.69 Å². The number of fused-ring (bicyclic) bond motifs is 1. The van der Waals surface area contributed by atoms with E-state index in [-0.39, 0.29) is 0 Å². The average Bonchev–Trinajstić information content (AvgIpc) is 3.29. The van der Waals surface area contributed by atoms with Crippen LogP contribution in [0.3, 0.4) is 0 Å². The first-order valence-electron chi connectivity index (χ1n) is 9.55. The van der Waals surface area contributed by atoms with Gasteiger partial charge in [0.25, 0.3) is 0 Å². The van der Waals surface area contributed by atoms with E-state index in [0.717, 1.165) is 27.3 Å². The van der Waals surface area contributed by atoms with Gasteiger partial charge in [-0.15, -0.1) is 16.4 Å². The number of aromatic nitrogens is 3. The zero-order valence-electron chi connectivity index (χ0n) is 16.7. The van der Waals surface area contributed by atoms with Crippen LogP contribution in [0, 0.1) is 13.8 Å². The minimum Gasteiger partial charge on any atom is -0.347 e. The number of rotatable bonds is 5. The highest BCUT2D eigenvalue weighted by Crippen LogP contribution is 2.21. The fourth-order valence-corrected chi connectivity index (χ4v) is 3.95. The van der Waals surface area contributed by atoms with E-state index in [1.807, 2.05) is 61.7 Å². The fourth-order valence-electron chi connectivity index (χ4n) is 3.10. The van der Waals surface area contributed by atoms with Crippen molar-refractivity contribution in [1.29, 1.82) is 0 Å². The monoisotopic (exact) mass is 419 g/mol. The molecule has 2 amide bonds. The summed E-state index contributed by atoms with van der Waals surface area (Å²) in [5.74, 6) is -0.672. The zero-order valence-corrected chi connectivity index (χ0v) is 17.5. The summed E-state index contributed by atoms with van der Waals surface area (Å²) in [5.41, 5.74) is 4.66. The molecule has 4 rings (SSSR count). The molecule has 2 aromatic carbocycles. The molecule has 2 aromatic heterocycles. The molecule has 0 radical (unpaired) electrons. The topological polar surface area (TPSA) is 88.4 Å². The summed E-state index contributed by atoms with van der Waals surface area (Å²) in [6.07, 6.45) is 0.542. The number of anilines is 1. The second kappa shape index (κ2) is 8.46. The Morgan fingerprint density at radius 1 is 1.03 bits per heavy atom. The van der Waals surface area contributed by atoms with Crippen molar-refractivity contribution in [3.63, 3.8) is 0 Å². The third-order valence-corrected chi connectivity index (χ3v) is 5.44. The quantitative estimate of drug-likeness (QED) is 0.486. The normalized spacial score (nSPS) is 10.9. The largest absolute Gasteiger partial charge is 0.347 e. The Bertz CT molecular complexity index is 1230. The number of nitrogens with one attached hydrogen (secondary N) is 2. The number of nitrogens with zero attached hydrogens (tertiary/aromatic N) is 3. The molecule has 8 heteroatoms. The summed E-state index contributed by atoms with van der Waals surface area (Å²) in [6.45, 7) is 4.28. The molecule has 0 atom stereocenters. The molecule has 2 heterocycles. The molecule has 0 saturated carbocycles. The second-order valence-electron chi connectivity index (χ2n) is 7.06. The average molecular weight is 420 g/mol. The molecule has 152 valence electrons. The summed E-state index contributed by atoms with van der Waals surface area (Å²) in [4.78, 5) is 29.5. The lowest BCUT2D eigenvalue weighted by molar-refractivity contribution is -0.136. The van der Waals surface area contributed by atoms with Crippen LogP contribution in [-0.4, -0.2) is 33.0 Å². The molecule has 0 saturated heterocycles. The van der Waals surface area contributed by atoms with E-state index in [1.165, 1.54) is 11.3 Å². The van der Waals surface area contributed by atoms with Crippen molar-refractivity contribution in [2.24, 2.45) is 0 Å². The van der Waals surface area contributed by atoms with E-state index in [9.17, 15) is 9.59 Å². The molecular weight excluding hydrogens is 398 g/mol. The van der Waals surface area contributed by atoms with E-state index < -0.39 is 11.8 Å². The van der Waals surface area contributed by atoms with Crippen molar-refractivity contribution in [3.8, 4) is 11.4 Å². The Hall–Kier alpha value is -3.52. The summed E-state index contributed by atoms with van der Waals surface area (Å²) >= 11 is 1.50. The van der Waals surface area contributed by atoms with Crippen molar-refractivity contribution in [1.82, 2.24) is 19.9 Å². The van der Waals surface area contributed by atoms with Crippen LogP contribution in [0.1, 0.15) is 16.8 Å². The Morgan fingerprint density at radius 3 is 2.57 bits per heavy atom. The molecule has 4 aromatic rings. The smallest absolute Gasteiger partial charge is 0.313 e. The molecule has 0 fully saturated rings. The van der Waals surface area contributed by atoms with Crippen molar-refractivity contribution in [2.45, 2.75) is 20.3 Å². The van der Waals surface area contributed by atoms with E-state index in [2.05, 4.69) is 20.7 Å². The molecule has 0 aliphatic carbocycles. The van der Waals surface area contributed by atoms with Gasteiger partial charge in [-0.3, -0.25) is 9.59 Å². The lowest BCUT2D eigenvalue weighted by Crippen LogP contribution is -2.36. The first-order chi connectivity index (χ1) is 14.5. The number of carbonyl (C=O) groups excluding carboxylic acids is 2. The highest BCUT2D eigenvalue weighted by Gasteiger charge is 2.15. The Kier molecular flexibility index (Phi) is 5.58. The summed E-state index contributed by atoms with van der Waals surface area (Å²) in [7, 11) is 0. The third kappa shape index (κ3) is 4.38. The van der Waals surface area contributed by atoms with Gasteiger partial charge in [0.2, 0.25) is 4.96 Å². The molecule has 0 aliphatic rings. The standard InChI is InChI=1S/C22H21N5O2S/c1-14-5-3-7-16(11-14)19-25-22-27(26-19)18(13-30-22)9-10-23-20(28)21(29)24-17-8-4-6-15(2)12-17/h3-8,11-13H,9-10H2,1-2H3,(H,23,28)(H,24,29). The zero-order chi connectivity index (χ0) is 21.1. The van der Waals surface area contributed by atoms with Crippen LogP contribution >= 0.6 is 11.3 Å². The summed E-state index contributed by atoms with van der Waals surface area (Å²) in [6, 6.07) is 15.4. The van der Waals surface area contributed by atoms with Crippen LogP contribution < -0.4 is 10.6 Å². The van der Waals surface area contributed by atoms with E-state index in [4.69, 9.17) is 0 Å². The van der Waals surface area contributed by atoms with Crippen LogP contribution in [-0.2, 0) is 16.0 Å². The van der Waals surface area contributed by atoms with Crippen LogP contribution in [0.25, 0.3) is 16.3 Å². The van der Waals surface area contributed by atoms with Crippen molar-refractivity contribution in [2.75, 3.05) is 11.9 Å². The lowest BCUT2D eigenvalue weighted by Gasteiger charge is -2.07. The van der Waals surface area contributed by atoms with E-state index >= 15 is 0 Å². The maximum atomic E-state index is 12.1. The minimum absolute atomic E-state index is 0.325. The van der Waals surface area contributed by atoms with Gasteiger partial charge in [-0.05, 0) is 37.6 Å². The Morgan fingerprint density at radius 2 is 1.80 bits per heavy atom. The number of amides is 2. The van der Waals surface area contributed by atoms with E-state index in [0.29, 0.717) is 24.5 Å². The van der Waals surface area contributed by atoms with Gasteiger partial charge in [-0.1, -0.05) is 35.9 Å². The maximum absolute atomic E-state index is 12.1. The molecule has 7 nitrogen and oxygen atoms in total. The number of carbonyl (C=O) groups is 2. The molecule has 2 N–H and O–H groups in total. The molecule has 0 bridgehead atoms. The van der Waals surface area contributed by atoms with Gasteiger partial charge < -0.3 is 10.6 Å². The predicted molar refractivity (Wildman–Crippen MR) is 118 cm³/mol. The van der Waals surface area contributed by atoms with Crippen molar-refractivity contribution in [3.05, 3.63) is 70.7 Å². The van der Waals surface area contributed by atoms with Crippen molar-refractivity contribution >= 4 is 33.8 Å². The summed E-state index contributed by atoms with van der Waals surface area (Å²) in [5, 5.41) is 11.8. The number of hydrogen-bond donors (Lipinski definition) is 2. The van der Waals surface area contributed by atoms with Crippen LogP contribution in [0.15, 0.2) is 53.9 Å². The van der Waals surface area contributed by atoms with Gasteiger partial charge in [0.1, 0.15) is 0 Å². The SMILES string of the molecule is Cc1cccc(NC(=O)C(=O)NCCc2csc3nc(-c4cccc(C)c4)nn23)c1. The molecule has 30 heavy (non-hydrogen) atoms. The first-order valence-corrected chi connectivity index (χ1v) is 10.4. The van der Waals surface area contributed by atoms with Gasteiger partial charge in [-0.25, -0.2) is 4.52 Å². The second-order valence-corrected chi connectivity index (χ2v) is 7.89. The van der Waals surface area contributed by atoms with Gasteiger partial charge in [0.05, 0.1) is 5.69 Å². The lowest BCUT2D eigenvalue weighted by atomic mass is 10.1. The molecule has 0 unspecified atom stereocenters. The third-order valence-electron chi connectivity index (χ3n) is 4.58. The number of thiazole rings is 1. The van der Waals surface area contributed by atoms with Crippen molar-refractivity contribution < 1.29 is 9.59 Å². The first kappa shape index (κ1) is 19.8. The van der Waals surface area contributed by atoms with Gasteiger partial charge in [0, 0.05) is 29.6 Å². The molecule has 0 aliphatic heterocycles. The maximum Gasteiger partial charge on any atom is 0.313 e.